The molecule has 3 aromatic carbocycles. The molecule has 0 bridgehead atoms. The second kappa shape index (κ2) is 11.5. The first-order chi connectivity index (χ1) is 15.5. The summed E-state index contributed by atoms with van der Waals surface area (Å²) in [5.74, 6) is 2.30. The summed E-state index contributed by atoms with van der Waals surface area (Å²) in [4.78, 5) is 0. The number of nitrogens with one attached hydrogen (secondary N) is 1. The van der Waals surface area contributed by atoms with E-state index in [1.807, 2.05) is 42.5 Å². The number of hydrazone groups is 1. The van der Waals surface area contributed by atoms with E-state index in [4.69, 9.17) is 42.1 Å². The van der Waals surface area contributed by atoms with E-state index in [0.717, 1.165) is 16.7 Å². The van der Waals surface area contributed by atoms with E-state index in [-0.39, 0.29) is 6.61 Å². The summed E-state index contributed by atoms with van der Waals surface area (Å²) in [6, 6.07) is 16.7. The molecule has 0 saturated heterocycles. The zero-order valence-electron chi connectivity index (χ0n) is 18.0. The highest BCUT2D eigenvalue weighted by Crippen LogP contribution is 2.37. The van der Waals surface area contributed by atoms with E-state index in [0.29, 0.717) is 39.6 Å². The van der Waals surface area contributed by atoms with Gasteiger partial charge in [-0.15, -0.1) is 0 Å². The average Bonchev–Trinajstić information content (AvgIpc) is 2.81. The molecular formula is C24H24Cl2N2O4. The van der Waals surface area contributed by atoms with Crippen LogP contribution in [0.15, 0.2) is 59.7 Å². The summed E-state index contributed by atoms with van der Waals surface area (Å²) >= 11 is 12.6. The highest BCUT2D eigenvalue weighted by atomic mass is 35.5. The van der Waals surface area contributed by atoms with Gasteiger partial charge in [-0.05, 0) is 41.5 Å². The van der Waals surface area contributed by atoms with Crippen molar-refractivity contribution in [1.82, 2.24) is 5.43 Å². The maximum Gasteiger partial charge on any atom is 0.180 e. The minimum atomic E-state index is 0.274. The molecule has 0 amide bonds. The van der Waals surface area contributed by atoms with Crippen molar-refractivity contribution in [1.29, 1.82) is 0 Å². The molecule has 3 rings (SSSR count). The van der Waals surface area contributed by atoms with Crippen molar-refractivity contribution in [2.75, 3.05) is 21.3 Å². The molecule has 168 valence electrons. The van der Waals surface area contributed by atoms with Crippen LogP contribution in [0.5, 0.6) is 23.0 Å². The topological polar surface area (TPSA) is 61.3 Å². The van der Waals surface area contributed by atoms with E-state index < -0.39 is 0 Å². The molecule has 0 aromatic heterocycles. The molecule has 0 aliphatic rings. The largest absolute Gasteiger partial charge is 0.493 e. The zero-order valence-corrected chi connectivity index (χ0v) is 19.5. The standard InChI is InChI=1S/C24H24Cl2N2O4/c1-29-21-9-8-16(11-22(21)30-2)13-27-28-14-17-10-20(26)24(23(12-17)31-3)32-15-18-6-4-5-7-19(18)25/h4-12,14,27H,13,15H2,1-3H3/b28-14-. The van der Waals surface area contributed by atoms with Gasteiger partial charge < -0.3 is 24.4 Å². The molecular weight excluding hydrogens is 451 g/mol. The summed E-state index contributed by atoms with van der Waals surface area (Å²) in [5.41, 5.74) is 5.62. The van der Waals surface area contributed by atoms with E-state index in [9.17, 15) is 0 Å². The summed E-state index contributed by atoms with van der Waals surface area (Å²) in [5, 5.41) is 5.31. The number of nitrogens with zero attached hydrogens (tertiary/aromatic N) is 1. The molecule has 0 heterocycles. The number of ether oxygens (including phenoxy) is 4. The first kappa shape index (κ1) is 23.6. The van der Waals surface area contributed by atoms with E-state index in [1.54, 1.807) is 39.7 Å². The first-order valence-corrected chi connectivity index (χ1v) is 10.5. The molecule has 0 radical (unpaired) electrons. The third-order valence-corrected chi connectivity index (χ3v) is 5.27. The molecule has 0 unspecified atom stereocenters. The Hall–Kier alpha value is -3.09. The molecule has 3 aromatic rings. The monoisotopic (exact) mass is 474 g/mol. The van der Waals surface area contributed by atoms with Crippen LogP contribution in [0.1, 0.15) is 16.7 Å². The summed E-state index contributed by atoms with van der Waals surface area (Å²) in [6.07, 6.45) is 1.66. The SMILES string of the molecule is COc1ccc(CN/N=C\c2cc(Cl)c(OCc3ccccc3Cl)c(OC)c2)cc1OC. The van der Waals surface area contributed by atoms with Crippen molar-refractivity contribution in [2.45, 2.75) is 13.2 Å². The maximum atomic E-state index is 6.44. The molecule has 32 heavy (non-hydrogen) atoms. The number of benzene rings is 3. The third kappa shape index (κ3) is 5.99. The summed E-state index contributed by atoms with van der Waals surface area (Å²) in [6.45, 7) is 0.789. The Bertz CT molecular complexity index is 1090. The summed E-state index contributed by atoms with van der Waals surface area (Å²) in [7, 11) is 4.77. The fourth-order valence-corrected chi connectivity index (χ4v) is 3.43. The fraction of sp³-hybridized carbons (Fsp3) is 0.208. The van der Waals surface area contributed by atoms with Crippen molar-refractivity contribution in [3.05, 3.63) is 81.3 Å². The lowest BCUT2D eigenvalue weighted by Crippen LogP contribution is -2.06. The smallest absolute Gasteiger partial charge is 0.180 e. The van der Waals surface area contributed by atoms with Crippen LogP contribution < -0.4 is 24.4 Å². The van der Waals surface area contributed by atoms with Gasteiger partial charge in [0.2, 0.25) is 0 Å². The van der Waals surface area contributed by atoms with Gasteiger partial charge in [-0.1, -0.05) is 47.5 Å². The molecule has 0 aliphatic carbocycles. The second-order valence-corrected chi connectivity index (χ2v) is 7.51. The number of methoxy groups -OCH3 is 3. The van der Waals surface area contributed by atoms with E-state index in [2.05, 4.69) is 10.5 Å². The molecule has 8 heteroatoms. The van der Waals surface area contributed by atoms with Gasteiger partial charge in [0.25, 0.3) is 0 Å². The molecule has 0 fully saturated rings. The minimum Gasteiger partial charge on any atom is -0.493 e. The van der Waals surface area contributed by atoms with Gasteiger partial charge in [0, 0.05) is 10.6 Å². The lowest BCUT2D eigenvalue weighted by atomic mass is 10.2. The quantitative estimate of drug-likeness (QED) is 0.300. The van der Waals surface area contributed by atoms with Gasteiger partial charge in [-0.25, -0.2) is 0 Å². The van der Waals surface area contributed by atoms with Gasteiger partial charge >= 0.3 is 0 Å². The van der Waals surface area contributed by atoms with Gasteiger partial charge in [0.1, 0.15) is 6.61 Å². The fourth-order valence-electron chi connectivity index (χ4n) is 2.97. The van der Waals surface area contributed by atoms with Crippen molar-refractivity contribution < 1.29 is 18.9 Å². The second-order valence-electron chi connectivity index (χ2n) is 6.70. The molecule has 0 aliphatic heterocycles. The van der Waals surface area contributed by atoms with Crippen molar-refractivity contribution in [3.63, 3.8) is 0 Å². The van der Waals surface area contributed by atoms with Gasteiger partial charge in [0.05, 0.1) is 39.1 Å². The maximum absolute atomic E-state index is 6.44. The highest BCUT2D eigenvalue weighted by molar-refractivity contribution is 6.32. The molecule has 0 saturated carbocycles. The Balaban J connectivity index is 1.65. The van der Waals surface area contributed by atoms with Gasteiger partial charge in [0.15, 0.2) is 23.0 Å². The number of halogens is 2. The van der Waals surface area contributed by atoms with Gasteiger partial charge in [-0.3, -0.25) is 0 Å². The van der Waals surface area contributed by atoms with E-state index in [1.165, 1.54) is 0 Å². The highest BCUT2D eigenvalue weighted by Gasteiger charge is 2.13. The Morgan fingerprint density at radius 3 is 2.31 bits per heavy atom. The first-order valence-electron chi connectivity index (χ1n) is 9.76. The van der Waals surface area contributed by atoms with Crippen LogP contribution in [-0.2, 0) is 13.2 Å². The average molecular weight is 475 g/mol. The van der Waals surface area contributed by atoms with Crippen LogP contribution in [0, 0.1) is 0 Å². The predicted octanol–water partition coefficient (Wildman–Crippen LogP) is 5.72. The number of rotatable bonds is 10. The van der Waals surface area contributed by atoms with Gasteiger partial charge in [-0.2, -0.15) is 5.10 Å². The van der Waals surface area contributed by atoms with Crippen LogP contribution in [0.2, 0.25) is 10.0 Å². The molecule has 1 N–H and O–H groups in total. The van der Waals surface area contributed by atoms with Crippen LogP contribution >= 0.6 is 23.2 Å². The third-order valence-electron chi connectivity index (χ3n) is 4.62. The van der Waals surface area contributed by atoms with Crippen molar-refractivity contribution in [2.24, 2.45) is 5.10 Å². The van der Waals surface area contributed by atoms with Crippen molar-refractivity contribution >= 4 is 29.4 Å². The predicted molar refractivity (Wildman–Crippen MR) is 128 cm³/mol. The lowest BCUT2D eigenvalue weighted by Gasteiger charge is -2.14. The normalized spacial score (nSPS) is 10.8. The summed E-state index contributed by atoms with van der Waals surface area (Å²) < 4.78 is 21.9. The molecule has 0 atom stereocenters. The van der Waals surface area contributed by atoms with Crippen molar-refractivity contribution in [3.8, 4) is 23.0 Å². The zero-order chi connectivity index (χ0) is 22.9. The Morgan fingerprint density at radius 2 is 1.59 bits per heavy atom. The van der Waals surface area contributed by atoms with Crippen LogP contribution in [0.4, 0.5) is 0 Å². The molecule has 6 nitrogen and oxygen atoms in total. The van der Waals surface area contributed by atoms with E-state index >= 15 is 0 Å². The van der Waals surface area contributed by atoms with Crippen LogP contribution in [-0.4, -0.2) is 27.5 Å². The van der Waals surface area contributed by atoms with Crippen LogP contribution in [0.3, 0.4) is 0 Å². The lowest BCUT2D eigenvalue weighted by molar-refractivity contribution is 0.285. The Kier molecular flexibility index (Phi) is 8.48. The Morgan fingerprint density at radius 1 is 0.844 bits per heavy atom. The number of hydrogen-bond donors (Lipinski definition) is 1. The minimum absolute atomic E-state index is 0.274. The molecule has 0 spiro atoms. The Labute approximate surface area is 197 Å². The van der Waals surface area contributed by atoms with Crippen LogP contribution in [0.25, 0.3) is 0 Å². The number of hydrogen-bond acceptors (Lipinski definition) is 6.